The molecule has 4 heteroatoms. The van der Waals surface area contributed by atoms with Crippen molar-refractivity contribution in [2.75, 3.05) is 25.0 Å². The number of nitrogens with one attached hydrogen (secondary N) is 2. The largest absolute Gasteiger partial charge is 0.478 e. The van der Waals surface area contributed by atoms with Crippen LogP contribution >= 0.6 is 0 Å². The number of benzene rings is 1. The second kappa shape index (κ2) is 5.87. The third kappa shape index (κ3) is 3.01. The van der Waals surface area contributed by atoms with E-state index in [1.165, 1.54) is 12.8 Å². The molecule has 1 saturated heterocycles. The van der Waals surface area contributed by atoms with Crippen LogP contribution in [0.2, 0.25) is 0 Å². The van der Waals surface area contributed by atoms with Crippen molar-refractivity contribution in [1.29, 1.82) is 0 Å². The number of piperidine rings is 1. The summed E-state index contributed by atoms with van der Waals surface area (Å²) in [4.78, 5) is 11.0. The van der Waals surface area contributed by atoms with Gasteiger partial charge in [-0.2, -0.15) is 0 Å². The number of anilines is 1. The van der Waals surface area contributed by atoms with Crippen molar-refractivity contribution in [3.05, 3.63) is 29.3 Å². The first kappa shape index (κ1) is 12.9. The van der Waals surface area contributed by atoms with E-state index >= 15 is 0 Å². The standard InChI is InChI=1S/C14H20N2O2/c1-10-12(14(17)18)5-2-6-13(10)16-9-11-4-3-7-15-8-11/h2,5-6,11,15-16H,3-4,7-9H2,1H3,(H,17,18). The third-order valence-corrected chi connectivity index (χ3v) is 3.54. The minimum atomic E-state index is -0.865. The molecule has 98 valence electrons. The van der Waals surface area contributed by atoms with E-state index in [1.54, 1.807) is 12.1 Å². The first-order valence-corrected chi connectivity index (χ1v) is 6.46. The Bertz CT molecular complexity index is 426. The van der Waals surface area contributed by atoms with Gasteiger partial charge in [0.25, 0.3) is 0 Å². The molecule has 1 aliphatic rings. The first-order valence-electron chi connectivity index (χ1n) is 6.46. The molecule has 18 heavy (non-hydrogen) atoms. The van der Waals surface area contributed by atoms with E-state index in [2.05, 4.69) is 10.6 Å². The van der Waals surface area contributed by atoms with E-state index in [1.807, 2.05) is 13.0 Å². The van der Waals surface area contributed by atoms with Gasteiger partial charge in [-0.05, 0) is 56.5 Å². The highest BCUT2D eigenvalue weighted by Crippen LogP contribution is 2.20. The molecule has 2 rings (SSSR count). The molecule has 1 atom stereocenters. The van der Waals surface area contributed by atoms with Crippen LogP contribution in [-0.4, -0.2) is 30.7 Å². The first-order chi connectivity index (χ1) is 8.68. The highest BCUT2D eigenvalue weighted by Gasteiger charge is 2.14. The number of hydrogen-bond acceptors (Lipinski definition) is 3. The van der Waals surface area contributed by atoms with Gasteiger partial charge >= 0.3 is 5.97 Å². The van der Waals surface area contributed by atoms with Crippen molar-refractivity contribution in [3.8, 4) is 0 Å². The lowest BCUT2D eigenvalue weighted by Crippen LogP contribution is -2.33. The summed E-state index contributed by atoms with van der Waals surface area (Å²) < 4.78 is 0. The van der Waals surface area contributed by atoms with Crippen LogP contribution in [0.5, 0.6) is 0 Å². The summed E-state index contributed by atoms with van der Waals surface area (Å²) in [6.45, 7) is 4.91. The van der Waals surface area contributed by atoms with Crippen LogP contribution in [0.25, 0.3) is 0 Å². The van der Waals surface area contributed by atoms with Crippen LogP contribution in [0, 0.1) is 12.8 Å². The molecule has 1 fully saturated rings. The van der Waals surface area contributed by atoms with Gasteiger partial charge < -0.3 is 15.7 Å². The molecule has 0 saturated carbocycles. The van der Waals surface area contributed by atoms with Crippen LogP contribution in [0.4, 0.5) is 5.69 Å². The average molecular weight is 248 g/mol. The van der Waals surface area contributed by atoms with Crippen molar-refractivity contribution in [3.63, 3.8) is 0 Å². The second-order valence-electron chi connectivity index (χ2n) is 4.88. The topological polar surface area (TPSA) is 61.4 Å². The number of rotatable bonds is 4. The SMILES string of the molecule is Cc1c(NCC2CCCNC2)cccc1C(=O)O. The van der Waals surface area contributed by atoms with Gasteiger partial charge in [0.05, 0.1) is 5.56 Å². The summed E-state index contributed by atoms with van der Waals surface area (Å²) in [5.41, 5.74) is 2.12. The molecule has 1 aliphatic heterocycles. The zero-order chi connectivity index (χ0) is 13.0. The number of hydrogen-bond donors (Lipinski definition) is 3. The Morgan fingerprint density at radius 3 is 3.06 bits per heavy atom. The van der Waals surface area contributed by atoms with Gasteiger partial charge in [-0.1, -0.05) is 6.07 Å². The van der Waals surface area contributed by atoms with Gasteiger partial charge in [-0.25, -0.2) is 4.79 Å². The lowest BCUT2D eigenvalue weighted by atomic mass is 9.99. The van der Waals surface area contributed by atoms with E-state index in [0.717, 1.165) is 30.9 Å². The zero-order valence-corrected chi connectivity index (χ0v) is 10.7. The maximum absolute atomic E-state index is 11.0. The summed E-state index contributed by atoms with van der Waals surface area (Å²) in [5, 5.41) is 15.8. The lowest BCUT2D eigenvalue weighted by Gasteiger charge is -2.24. The summed E-state index contributed by atoms with van der Waals surface area (Å²) >= 11 is 0. The number of aromatic carboxylic acids is 1. The van der Waals surface area contributed by atoms with Crippen LogP contribution in [0.1, 0.15) is 28.8 Å². The Morgan fingerprint density at radius 2 is 2.39 bits per heavy atom. The van der Waals surface area contributed by atoms with Gasteiger partial charge in [0.1, 0.15) is 0 Å². The van der Waals surface area contributed by atoms with Crippen molar-refractivity contribution < 1.29 is 9.90 Å². The monoisotopic (exact) mass is 248 g/mol. The highest BCUT2D eigenvalue weighted by atomic mass is 16.4. The maximum atomic E-state index is 11.0. The Balaban J connectivity index is 2.00. The van der Waals surface area contributed by atoms with Crippen molar-refractivity contribution in [2.24, 2.45) is 5.92 Å². The van der Waals surface area contributed by atoms with E-state index in [4.69, 9.17) is 5.11 Å². The smallest absolute Gasteiger partial charge is 0.336 e. The van der Waals surface area contributed by atoms with Crippen LogP contribution in [0.15, 0.2) is 18.2 Å². The zero-order valence-electron chi connectivity index (χ0n) is 10.7. The Morgan fingerprint density at radius 1 is 1.56 bits per heavy atom. The van der Waals surface area contributed by atoms with E-state index in [9.17, 15) is 4.79 Å². The Kier molecular flexibility index (Phi) is 4.20. The quantitative estimate of drug-likeness (QED) is 0.763. The maximum Gasteiger partial charge on any atom is 0.336 e. The molecule has 1 aromatic carbocycles. The summed E-state index contributed by atoms with van der Waals surface area (Å²) in [7, 11) is 0. The molecule has 0 aliphatic carbocycles. The molecule has 3 N–H and O–H groups in total. The van der Waals surface area contributed by atoms with Crippen LogP contribution < -0.4 is 10.6 Å². The van der Waals surface area contributed by atoms with Gasteiger partial charge in [-0.15, -0.1) is 0 Å². The molecular weight excluding hydrogens is 228 g/mol. The molecule has 0 bridgehead atoms. The van der Waals surface area contributed by atoms with Crippen molar-refractivity contribution in [1.82, 2.24) is 5.32 Å². The predicted molar refractivity (Wildman–Crippen MR) is 72.2 cm³/mol. The van der Waals surface area contributed by atoms with E-state index in [0.29, 0.717) is 11.5 Å². The number of carboxylic acids is 1. The molecule has 1 heterocycles. The molecule has 0 amide bonds. The fourth-order valence-electron chi connectivity index (χ4n) is 2.41. The third-order valence-electron chi connectivity index (χ3n) is 3.54. The average Bonchev–Trinajstić information content (AvgIpc) is 2.38. The Labute approximate surface area is 107 Å². The van der Waals surface area contributed by atoms with Gasteiger partial charge in [0.2, 0.25) is 0 Å². The molecular formula is C14H20N2O2. The van der Waals surface area contributed by atoms with Crippen molar-refractivity contribution in [2.45, 2.75) is 19.8 Å². The normalized spacial score (nSPS) is 19.5. The number of carbonyl (C=O) groups is 1. The van der Waals surface area contributed by atoms with Gasteiger partial charge in [-0.3, -0.25) is 0 Å². The van der Waals surface area contributed by atoms with Gasteiger partial charge in [0, 0.05) is 12.2 Å². The molecule has 0 radical (unpaired) electrons. The fraction of sp³-hybridized carbons (Fsp3) is 0.500. The van der Waals surface area contributed by atoms with E-state index in [-0.39, 0.29) is 0 Å². The lowest BCUT2D eigenvalue weighted by molar-refractivity contribution is 0.0696. The second-order valence-corrected chi connectivity index (χ2v) is 4.88. The minimum absolute atomic E-state index is 0.377. The molecule has 1 aromatic rings. The molecule has 4 nitrogen and oxygen atoms in total. The van der Waals surface area contributed by atoms with Crippen LogP contribution in [-0.2, 0) is 0 Å². The summed E-state index contributed by atoms with van der Waals surface area (Å²) in [6, 6.07) is 5.38. The molecule has 1 unspecified atom stereocenters. The highest BCUT2D eigenvalue weighted by molar-refractivity contribution is 5.91. The minimum Gasteiger partial charge on any atom is -0.478 e. The summed E-state index contributed by atoms with van der Waals surface area (Å²) in [5.74, 6) is -0.234. The fourth-order valence-corrected chi connectivity index (χ4v) is 2.41. The molecule has 0 aromatic heterocycles. The van der Waals surface area contributed by atoms with Crippen LogP contribution in [0.3, 0.4) is 0 Å². The van der Waals surface area contributed by atoms with Crippen molar-refractivity contribution >= 4 is 11.7 Å². The van der Waals surface area contributed by atoms with E-state index < -0.39 is 5.97 Å². The number of carboxylic acid groups (broad SMARTS) is 1. The Hall–Kier alpha value is -1.55. The van der Waals surface area contributed by atoms with Gasteiger partial charge in [0.15, 0.2) is 0 Å². The predicted octanol–water partition coefficient (Wildman–Crippen LogP) is 2.10. The summed E-state index contributed by atoms with van der Waals surface area (Å²) in [6.07, 6.45) is 2.46. The molecule has 0 spiro atoms.